The SMILES string of the molecule is O=C(O)CC1Nc2cccnc2[SH](Cc2nc3ccccc3s2)C1=O. The maximum atomic E-state index is 12.9. The third kappa shape index (κ3) is 3.10. The summed E-state index contributed by atoms with van der Waals surface area (Å²) in [6, 6.07) is 10.8. The van der Waals surface area contributed by atoms with Gasteiger partial charge in [0.15, 0.2) is 5.12 Å². The fourth-order valence-electron chi connectivity index (χ4n) is 2.86. The molecular weight excluding hydrogens is 358 g/mol. The Balaban J connectivity index is 1.70. The van der Waals surface area contributed by atoms with Gasteiger partial charge in [-0.2, -0.15) is 0 Å². The van der Waals surface area contributed by atoms with Gasteiger partial charge in [0.2, 0.25) is 0 Å². The van der Waals surface area contributed by atoms with Gasteiger partial charge in [-0.15, -0.1) is 22.2 Å². The Morgan fingerprint density at radius 1 is 1.28 bits per heavy atom. The molecule has 2 unspecified atom stereocenters. The molecule has 0 saturated heterocycles. The fourth-order valence-corrected chi connectivity index (χ4v) is 6.29. The smallest absolute Gasteiger partial charge is 0.305 e. The number of hydrogen-bond donors (Lipinski definition) is 3. The van der Waals surface area contributed by atoms with Crippen LogP contribution in [-0.2, 0) is 15.3 Å². The van der Waals surface area contributed by atoms with E-state index in [9.17, 15) is 9.59 Å². The van der Waals surface area contributed by atoms with Gasteiger partial charge in [-0.3, -0.25) is 9.59 Å². The molecule has 0 fully saturated rings. The van der Waals surface area contributed by atoms with Crippen LogP contribution in [0.25, 0.3) is 10.2 Å². The Hall–Kier alpha value is -2.45. The third-order valence-corrected chi connectivity index (χ3v) is 7.52. The highest BCUT2D eigenvalue weighted by atomic mass is 32.2. The predicted molar refractivity (Wildman–Crippen MR) is 99.5 cm³/mol. The van der Waals surface area contributed by atoms with Crippen molar-refractivity contribution in [3.63, 3.8) is 0 Å². The van der Waals surface area contributed by atoms with Crippen molar-refractivity contribution in [3.05, 3.63) is 47.6 Å². The monoisotopic (exact) mass is 373 g/mol. The van der Waals surface area contributed by atoms with E-state index >= 15 is 0 Å². The summed E-state index contributed by atoms with van der Waals surface area (Å²) < 4.78 is 1.08. The molecule has 4 rings (SSSR count). The summed E-state index contributed by atoms with van der Waals surface area (Å²) >= 11 is 1.57. The number of nitrogens with one attached hydrogen (secondary N) is 1. The summed E-state index contributed by atoms with van der Waals surface area (Å²) in [6.45, 7) is 0. The molecule has 6 nitrogen and oxygen atoms in total. The number of fused-ring (bicyclic) bond motifs is 2. The zero-order chi connectivity index (χ0) is 17.4. The first-order chi connectivity index (χ1) is 12.1. The lowest BCUT2D eigenvalue weighted by atomic mass is 10.2. The lowest BCUT2D eigenvalue weighted by molar-refractivity contribution is -0.138. The highest BCUT2D eigenvalue weighted by molar-refractivity contribution is 8.29. The maximum absolute atomic E-state index is 12.9. The molecule has 2 atom stereocenters. The lowest BCUT2D eigenvalue weighted by Gasteiger charge is -2.32. The van der Waals surface area contributed by atoms with E-state index in [-0.39, 0.29) is 11.5 Å². The molecule has 3 heterocycles. The average molecular weight is 373 g/mol. The zero-order valence-electron chi connectivity index (χ0n) is 13.0. The summed E-state index contributed by atoms with van der Waals surface area (Å²) in [5.74, 6) is -0.497. The number of carbonyl (C=O) groups excluding carboxylic acids is 1. The van der Waals surface area contributed by atoms with Gasteiger partial charge in [0.25, 0.3) is 0 Å². The van der Waals surface area contributed by atoms with Crippen LogP contribution in [0.5, 0.6) is 0 Å². The van der Waals surface area contributed by atoms with Gasteiger partial charge < -0.3 is 10.4 Å². The van der Waals surface area contributed by atoms with Crippen LogP contribution >= 0.6 is 22.2 Å². The van der Waals surface area contributed by atoms with E-state index in [1.807, 2.05) is 30.3 Å². The number of pyridine rings is 1. The minimum Gasteiger partial charge on any atom is -0.481 e. The second-order valence-electron chi connectivity index (χ2n) is 5.67. The van der Waals surface area contributed by atoms with Gasteiger partial charge in [-0.05, 0) is 24.3 Å². The van der Waals surface area contributed by atoms with Crippen molar-refractivity contribution < 1.29 is 14.7 Å². The van der Waals surface area contributed by atoms with Crippen molar-refractivity contribution in [1.29, 1.82) is 0 Å². The number of aromatic nitrogens is 2. The zero-order valence-corrected chi connectivity index (χ0v) is 14.8. The Labute approximate surface area is 150 Å². The molecule has 0 radical (unpaired) electrons. The summed E-state index contributed by atoms with van der Waals surface area (Å²) in [4.78, 5) is 33.0. The average Bonchev–Trinajstić information content (AvgIpc) is 3.00. The minimum atomic E-state index is -1.26. The standard InChI is InChI=1S/C17H15N3O3S2/c21-15(22)8-12-17(23)25(16-11(19-12)5-3-7-18-16)9-14-20-10-4-1-2-6-13(10)24-14/h1-7,12,19,25H,8-9H2,(H,21,22). The number of nitrogens with zero attached hydrogens (tertiary/aromatic N) is 2. The molecule has 8 heteroatoms. The first kappa shape index (κ1) is 16.0. The number of thiazole rings is 1. The second-order valence-corrected chi connectivity index (χ2v) is 8.82. The van der Waals surface area contributed by atoms with E-state index in [1.165, 1.54) is 0 Å². The van der Waals surface area contributed by atoms with Crippen molar-refractivity contribution in [2.24, 2.45) is 0 Å². The van der Waals surface area contributed by atoms with Gasteiger partial charge in [0, 0.05) is 11.9 Å². The van der Waals surface area contributed by atoms with E-state index in [2.05, 4.69) is 15.3 Å². The van der Waals surface area contributed by atoms with Crippen LogP contribution in [0.1, 0.15) is 11.4 Å². The van der Waals surface area contributed by atoms with E-state index < -0.39 is 22.9 Å². The Kier molecular flexibility index (Phi) is 4.14. The van der Waals surface area contributed by atoms with Crippen LogP contribution < -0.4 is 5.32 Å². The minimum absolute atomic E-state index is 0.0807. The highest BCUT2D eigenvalue weighted by Crippen LogP contribution is 2.48. The fraction of sp³-hybridized carbons (Fsp3) is 0.176. The van der Waals surface area contributed by atoms with E-state index in [1.54, 1.807) is 23.6 Å². The normalized spacial score (nSPS) is 20.9. The highest BCUT2D eigenvalue weighted by Gasteiger charge is 2.35. The van der Waals surface area contributed by atoms with Crippen LogP contribution in [0.3, 0.4) is 0 Å². The quantitative estimate of drug-likeness (QED) is 0.609. The van der Waals surface area contributed by atoms with Crippen LogP contribution in [0, 0.1) is 0 Å². The second kappa shape index (κ2) is 6.45. The number of hydrogen-bond acceptors (Lipinski definition) is 6. The summed E-state index contributed by atoms with van der Waals surface area (Å²) in [5.41, 5.74) is 1.67. The van der Waals surface area contributed by atoms with Crippen LogP contribution in [0.4, 0.5) is 5.69 Å². The molecule has 0 bridgehead atoms. The molecule has 0 saturated carbocycles. The third-order valence-electron chi connectivity index (χ3n) is 3.95. The number of carboxylic acids is 1. The number of carbonyl (C=O) groups is 2. The van der Waals surface area contributed by atoms with Crippen LogP contribution in [0.2, 0.25) is 0 Å². The first-order valence-electron chi connectivity index (χ1n) is 7.71. The largest absolute Gasteiger partial charge is 0.481 e. The van der Waals surface area contributed by atoms with Crippen LogP contribution in [-0.4, -0.2) is 32.2 Å². The summed E-state index contributed by atoms with van der Waals surface area (Å²) in [6.07, 6.45) is 1.44. The van der Waals surface area contributed by atoms with E-state index in [0.29, 0.717) is 5.75 Å². The number of para-hydroxylation sites is 1. The Bertz CT molecular complexity index is 939. The van der Waals surface area contributed by atoms with Gasteiger partial charge in [-0.1, -0.05) is 12.1 Å². The molecular formula is C17H15N3O3S2. The molecule has 1 aromatic carbocycles. The van der Waals surface area contributed by atoms with Crippen molar-refractivity contribution in [2.75, 3.05) is 5.32 Å². The molecule has 25 heavy (non-hydrogen) atoms. The van der Waals surface area contributed by atoms with Gasteiger partial charge >= 0.3 is 5.97 Å². The molecule has 2 N–H and O–H groups in total. The van der Waals surface area contributed by atoms with Gasteiger partial charge in [0.05, 0.1) is 22.3 Å². The number of rotatable bonds is 4. The van der Waals surface area contributed by atoms with Crippen molar-refractivity contribution in [1.82, 2.24) is 9.97 Å². The predicted octanol–water partition coefficient (Wildman–Crippen LogP) is 3.05. The molecule has 3 aromatic rings. The molecule has 128 valence electrons. The number of thiol groups is 1. The number of anilines is 1. The summed E-state index contributed by atoms with van der Waals surface area (Å²) in [7, 11) is -1.26. The van der Waals surface area contributed by atoms with Crippen molar-refractivity contribution >= 4 is 49.2 Å². The van der Waals surface area contributed by atoms with Crippen molar-refractivity contribution in [3.8, 4) is 0 Å². The van der Waals surface area contributed by atoms with Crippen LogP contribution in [0.15, 0.2) is 47.6 Å². The number of aliphatic carboxylic acids is 1. The van der Waals surface area contributed by atoms with E-state index in [4.69, 9.17) is 5.11 Å². The van der Waals surface area contributed by atoms with Crippen molar-refractivity contribution in [2.45, 2.75) is 23.2 Å². The van der Waals surface area contributed by atoms with E-state index in [0.717, 1.165) is 25.9 Å². The maximum Gasteiger partial charge on any atom is 0.305 e. The van der Waals surface area contributed by atoms with Gasteiger partial charge in [-0.25, -0.2) is 9.97 Å². The summed E-state index contributed by atoms with van der Waals surface area (Å²) in [5, 5.41) is 13.6. The number of benzene rings is 1. The number of carboxylic acid groups (broad SMARTS) is 1. The molecule has 0 spiro atoms. The molecule has 2 aromatic heterocycles. The first-order valence-corrected chi connectivity index (χ1v) is 10.1. The topological polar surface area (TPSA) is 92.2 Å². The Morgan fingerprint density at radius 3 is 2.92 bits per heavy atom. The molecule has 0 aliphatic carbocycles. The van der Waals surface area contributed by atoms with Gasteiger partial charge in [0.1, 0.15) is 16.1 Å². The molecule has 1 aliphatic heterocycles. The molecule has 1 aliphatic rings. The Morgan fingerprint density at radius 2 is 2.12 bits per heavy atom. The lowest BCUT2D eigenvalue weighted by Crippen LogP contribution is -2.36. The molecule has 0 amide bonds.